The standard InChI is InChI=1S/C20H26N4O/c1-2-22-13-6-10-18(22)19-11-7-14-23(19)20(25)17-12-15-24(21-17)16-8-4-3-5-9-16/h3-5,8-9,12,15,18-19H,2,6-7,10-11,13-14H2,1H3/t18-,19+/m0/s1. The van der Waals surface area contributed by atoms with Crippen LogP contribution in [0.5, 0.6) is 0 Å². The molecule has 2 fully saturated rings. The third kappa shape index (κ3) is 3.09. The van der Waals surface area contributed by atoms with Gasteiger partial charge in [0.25, 0.3) is 5.91 Å². The van der Waals surface area contributed by atoms with E-state index in [4.69, 9.17) is 0 Å². The number of carbonyl (C=O) groups is 1. The maximum absolute atomic E-state index is 13.1. The topological polar surface area (TPSA) is 41.4 Å². The number of hydrogen-bond donors (Lipinski definition) is 0. The van der Waals surface area contributed by atoms with E-state index in [9.17, 15) is 4.79 Å². The molecule has 0 bridgehead atoms. The fraction of sp³-hybridized carbons (Fsp3) is 0.500. The summed E-state index contributed by atoms with van der Waals surface area (Å²) in [5.74, 6) is 0.0835. The second-order valence-corrected chi connectivity index (χ2v) is 7.03. The molecule has 25 heavy (non-hydrogen) atoms. The van der Waals surface area contributed by atoms with Gasteiger partial charge in [0.15, 0.2) is 5.69 Å². The monoisotopic (exact) mass is 338 g/mol. The molecule has 0 spiro atoms. The molecule has 0 unspecified atom stereocenters. The molecular formula is C20H26N4O. The highest BCUT2D eigenvalue weighted by Gasteiger charge is 2.39. The van der Waals surface area contributed by atoms with Crippen LogP contribution in [0.15, 0.2) is 42.6 Å². The maximum Gasteiger partial charge on any atom is 0.274 e. The molecule has 0 radical (unpaired) electrons. The van der Waals surface area contributed by atoms with Gasteiger partial charge in [0.1, 0.15) is 0 Å². The number of likely N-dealkylation sites (N-methyl/N-ethyl adjacent to an activating group) is 1. The van der Waals surface area contributed by atoms with Gasteiger partial charge in [-0.3, -0.25) is 9.69 Å². The molecule has 5 heteroatoms. The van der Waals surface area contributed by atoms with Crippen LogP contribution in [0.3, 0.4) is 0 Å². The van der Waals surface area contributed by atoms with Crippen LogP contribution in [0.25, 0.3) is 5.69 Å². The zero-order valence-electron chi connectivity index (χ0n) is 14.8. The first-order chi connectivity index (χ1) is 12.3. The quantitative estimate of drug-likeness (QED) is 0.861. The number of carbonyl (C=O) groups excluding carboxylic acids is 1. The van der Waals surface area contributed by atoms with Crippen molar-refractivity contribution in [1.29, 1.82) is 0 Å². The minimum Gasteiger partial charge on any atom is -0.333 e. The number of nitrogens with zero attached hydrogens (tertiary/aromatic N) is 4. The minimum atomic E-state index is 0.0835. The fourth-order valence-electron chi connectivity index (χ4n) is 4.43. The summed E-state index contributed by atoms with van der Waals surface area (Å²) in [5.41, 5.74) is 1.53. The van der Waals surface area contributed by atoms with Crippen molar-refractivity contribution < 1.29 is 4.79 Å². The van der Waals surface area contributed by atoms with Gasteiger partial charge in [0.05, 0.1) is 5.69 Å². The predicted octanol–water partition coefficient (Wildman–Crippen LogP) is 2.96. The lowest BCUT2D eigenvalue weighted by Crippen LogP contribution is -2.48. The summed E-state index contributed by atoms with van der Waals surface area (Å²) < 4.78 is 1.78. The van der Waals surface area contributed by atoms with Crippen molar-refractivity contribution in [1.82, 2.24) is 19.6 Å². The van der Waals surface area contributed by atoms with Gasteiger partial charge in [0, 0.05) is 24.8 Å². The van der Waals surface area contributed by atoms with Crippen molar-refractivity contribution >= 4 is 5.91 Å². The van der Waals surface area contributed by atoms with Crippen LogP contribution in [0.2, 0.25) is 0 Å². The smallest absolute Gasteiger partial charge is 0.274 e. The Morgan fingerprint density at radius 3 is 2.64 bits per heavy atom. The summed E-state index contributed by atoms with van der Waals surface area (Å²) in [4.78, 5) is 17.7. The lowest BCUT2D eigenvalue weighted by molar-refractivity contribution is 0.0643. The first-order valence-electron chi connectivity index (χ1n) is 9.44. The maximum atomic E-state index is 13.1. The van der Waals surface area contributed by atoms with Crippen LogP contribution in [0, 0.1) is 0 Å². The van der Waals surface area contributed by atoms with Gasteiger partial charge in [-0.2, -0.15) is 5.10 Å². The van der Waals surface area contributed by atoms with Crippen molar-refractivity contribution in [3.8, 4) is 5.69 Å². The van der Waals surface area contributed by atoms with Crippen LogP contribution >= 0.6 is 0 Å². The third-order valence-corrected chi connectivity index (χ3v) is 5.65. The number of para-hydroxylation sites is 1. The zero-order valence-corrected chi connectivity index (χ0v) is 14.8. The number of likely N-dealkylation sites (tertiary alicyclic amines) is 2. The zero-order chi connectivity index (χ0) is 17.2. The highest BCUT2D eigenvalue weighted by atomic mass is 16.2. The molecule has 0 N–H and O–H groups in total. The highest BCUT2D eigenvalue weighted by Crippen LogP contribution is 2.30. The Hall–Kier alpha value is -2.14. The van der Waals surface area contributed by atoms with Gasteiger partial charge in [-0.25, -0.2) is 4.68 Å². The van der Waals surface area contributed by atoms with Crippen molar-refractivity contribution in [2.24, 2.45) is 0 Å². The van der Waals surface area contributed by atoms with E-state index in [1.165, 1.54) is 19.4 Å². The molecule has 2 aliphatic heterocycles. The van der Waals surface area contributed by atoms with Gasteiger partial charge in [0.2, 0.25) is 0 Å². The van der Waals surface area contributed by atoms with Crippen molar-refractivity contribution in [2.45, 2.75) is 44.7 Å². The summed E-state index contributed by atoms with van der Waals surface area (Å²) in [5, 5.41) is 4.54. The average molecular weight is 338 g/mol. The summed E-state index contributed by atoms with van der Waals surface area (Å²) in [6.07, 6.45) is 6.55. The first-order valence-corrected chi connectivity index (χ1v) is 9.44. The molecule has 0 aliphatic carbocycles. The molecule has 2 aromatic rings. The number of hydrogen-bond acceptors (Lipinski definition) is 3. The Kier molecular flexibility index (Phi) is 4.57. The molecule has 132 valence electrons. The Bertz CT molecular complexity index is 726. The molecule has 1 aromatic heterocycles. The molecule has 2 aliphatic rings. The van der Waals surface area contributed by atoms with E-state index < -0.39 is 0 Å². The molecule has 4 rings (SSSR count). The number of rotatable bonds is 4. The Labute approximate surface area is 149 Å². The van der Waals surface area contributed by atoms with Gasteiger partial charge >= 0.3 is 0 Å². The minimum absolute atomic E-state index is 0.0835. The number of benzene rings is 1. The summed E-state index contributed by atoms with van der Waals surface area (Å²) in [6, 6.07) is 12.6. The molecule has 5 nitrogen and oxygen atoms in total. The lowest BCUT2D eigenvalue weighted by atomic mass is 10.0. The van der Waals surface area contributed by atoms with Gasteiger partial charge in [-0.1, -0.05) is 25.1 Å². The van der Waals surface area contributed by atoms with E-state index in [1.54, 1.807) is 4.68 Å². The summed E-state index contributed by atoms with van der Waals surface area (Å²) in [6.45, 7) is 5.32. The Balaban J connectivity index is 1.53. The fourth-order valence-corrected chi connectivity index (χ4v) is 4.43. The SMILES string of the molecule is CCN1CCC[C@H]1[C@H]1CCCN1C(=O)c1ccn(-c2ccccc2)n1. The Morgan fingerprint density at radius 1 is 1.08 bits per heavy atom. The van der Waals surface area contributed by atoms with E-state index in [0.29, 0.717) is 17.8 Å². The van der Waals surface area contributed by atoms with Crippen LogP contribution in [0.4, 0.5) is 0 Å². The van der Waals surface area contributed by atoms with Crippen molar-refractivity contribution in [2.75, 3.05) is 19.6 Å². The van der Waals surface area contributed by atoms with Crippen LogP contribution in [-0.2, 0) is 0 Å². The summed E-state index contributed by atoms with van der Waals surface area (Å²) >= 11 is 0. The van der Waals surface area contributed by atoms with Crippen molar-refractivity contribution in [3.05, 3.63) is 48.3 Å². The van der Waals surface area contributed by atoms with Crippen LogP contribution in [-0.4, -0.2) is 57.2 Å². The van der Waals surface area contributed by atoms with E-state index in [-0.39, 0.29) is 5.91 Å². The van der Waals surface area contributed by atoms with E-state index >= 15 is 0 Å². The molecule has 2 saturated heterocycles. The molecule has 1 aromatic carbocycles. The van der Waals surface area contributed by atoms with E-state index in [1.807, 2.05) is 42.6 Å². The van der Waals surface area contributed by atoms with E-state index in [0.717, 1.165) is 31.6 Å². The van der Waals surface area contributed by atoms with Gasteiger partial charge in [-0.15, -0.1) is 0 Å². The highest BCUT2D eigenvalue weighted by molar-refractivity contribution is 5.92. The second kappa shape index (κ2) is 7.00. The number of aromatic nitrogens is 2. The average Bonchev–Trinajstić information content (AvgIpc) is 3.41. The molecule has 1 amide bonds. The molecular weight excluding hydrogens is 312 g/mol. The van der Waals surface area contributed by atoms with E-state index in [2.05, 4.69) is 21.8 Å². The molecule has 0 saturated carbocycles. The predicted molar refractivity (Wildman–Crippen MR) is 97.9 cm³/mol. The van der Waals surface area contributed by atoms with Gasteiger partial charge in [-0.05, 0) is 57.0 Å². The van der Waals surface area contributed by atoms with Crippen molar-refractivity contribution in [3.63, 3.8) is 0 Å². The largest absolute Gasteiger partial charge is 0.333 e. The second-order valence-electron chi connectivity index (χ2n) is 7.03. The normalized spacial score (nSPS) is 24.1. The summed E-state index contributed by atoms with van der Waals surface area (Å²) in [7, 11) is 0. The van der Waals surface area contributed by atoms with Crippen LogP contribution < -0.4 is 0 Å². The Morgan fingerprint density at radius 2 is 1.84 bits per heavy atom. The lowest BCUT2D eigenvalue weighted by Gasteiger charge is -2.34. The molecule has 2 atom stereocenters. The van der Waals surface area contributed by atoms with Crippen LogP contribution in [0.1, 0.15) is 43.1 Å². The molecule has 3 heterocycles. The third-order valence-electron chi connectivity index (χ3n) is 5.65. The van der Waals surface area contributed by atoms with Gasteiger partial charge < -0.3 is 4.90 Å². The number of amides is 1. The first kappa shape index (κ1) is 16.3.